The Kier molecular flexibility index (Phi) is 3.26. The second-order valence-electron chi connectivity index (χ2n) is 3.73. The predicted molar refractivity (Wildman–Crippen MR) is 65.2 cm³/mol. The Balaban J connectivity index is 1.91. The topological polar surface area (TPSA) is 37.3 Å². The van der Waals surface area contributed by atoms with Gasteiger partial charge in [-0.3, -0.25) is 9.98 Å². The van der Waals surface area contributed by atoms with Crippen LogP contribution in [0.4, 0.5) is 0 Å². The molecule has 0 amide bonds. The zero-order chi connectivity index (χ0) is 10.7. The molecule has 1 aromatic heterocycles. The summed E-state index contributed by atoms with van der Waals surface area (Å²) >= 11 is 1.81. The molecule has 0 saturated heterocycles. The molecule has 1 aromatic rings. The van der Waals surface area contributed by atoms with Crippen molar-refractivity contribution in [2.24, 2.45) is 4.99 Å². The van der Waals surface area contributed by atoms with E-state index in [1.807, 2.05) is 30.2 Å². The van der Waals surface area contributed by atoms with E-state index in [1.165, 1.54) is 11.1 Å². The standard InChI is InChI=1S/C11H15N3S/c1-8-3-4-12-6-10(8)7-14-11-13-5-9(2)15-11/h3-4,6,9H,5,7H2,1-2H3,(H,13,14). The van der Waals surface area contributed by atoms with E-state index in [0.29, 0.717) is 5.25 Å². The highest BCUT2D eigenvalue weighted by Gasteiger charge is 2.14. The average Bonchev–Trinajstić information content (AvgIpc) is 2.63. The van der Waals surface area contributed by atoms with E-state index < -0.39 is 0 Å². The Labute approximate surface area is 94.4 Å². The second-order valence-corrected chi connectivity index (χ2v) is 5.16. The van der Waals surface area contributed by atoms with Gasteiger partial charge in [0.15, 0.2) is 5.17 Å². The molecule has 0 spiro atoms. The first kappa shape index (κ1) is 10.5. The Morgan fingerprint density at radius 2 is 2.47 bits per heavy atom. The summed E-state index contributed by atoms with van der Waals surface area (Å²) in [4.78, 5) is 8.53. The van der Waals surface area contributed by atoms with E-state index in [9.17, 15) is 0 Å². The summed E-state index contributed by atoms with van der Waals surface area (Å²) in [5.74, 6) is 0. The molecule has 0 saturated carbocycles. The lowest BCUT2D eigenvalue weighted by Crippen LogP contribution is -2.19. The number of nitrogens with one attached hydrogen (secondary N) is 1. The van der Waals surface area contributed by atoms with Crippen LogP contribution in [0.15, 0.2) is 23.5 Å². The van der Waals surface area contributed by atoms with Crippen molar-refractivity contribution in [3.05, 3.63) is 29.6 Å². The zero-order valence-corrected chi connectivity index (χ0v) is 9.84. The van der Waals surface area contributed by atoms with Gasteiger partial charge in [-0.1, -0.05) is 18.7 Å². The third kappa shape index (κ3) is 2.72. The quantitative estimate of drug-likeness (QED) is 0.829. The lowest BCUT2D eigenvalue weighted by atomic mass is 10.2. The lowest BCUT2D eigenvalue weighted by Gasteiger charge is -2.07. The molecular formula is C11H15N3S. The summed E-state index contributed by atoms with van der Waals surface area (Å²) in [5.41, 5.74) is 2.51. The molecule has 4 heteroatoms. The zero-order valence-electron chi connectivity index (χ0n) is 9.03. The maximum atomic E-state index is 4.41. The van der Waals surface area contributed by atoms with Crippen LogP contribution >= 0.6 is 11.8 Å². The third-order valence-corrected chi connectivity index (χ3v) is 3.43. The molecular weight excluding hydrogens is 206 g/mol. The van der Waals surface area contributed by atoms with Gasteiger partial charge >= 0.3 is 0 Å². The van der Waals surface area contributed by atoms with Gasteiger partial charge in [-0.05, 0) is 24.1 Å². The minimum absolute atomic E-state index is 0.613. The van der Waals surface area contributed by atoms with Gasteiger partial charge in [0.25, 0.3) is 0 Å². The van der Waals surface area contributed by atoms with E-state index in [2.05, 4.69) is 29.1 Å². The van der Waals surface area contributed by atoms with Crippen LogP contribution < -0.4 is 5.32 Å². The number of amidine groups is 1. The fraction of sp³-hybridized carbons (Fsp3) is 0.455. The fourth-order valence-corrected chi connectivity index (χ4v) is 2.26. The molecule has 15 heavy (non-hydrogen) atoms. The normalized spacial score (nSPS) is 20.1. The SMILES string of the molecule is Cc1ccncc1CNC1=NCC(C)S1. The summed E-state index contributed by atoms with van der Waals surface area (Å²) in [6.07, 6.45) is 3.73. The molecule has 80 valence electrons. The number of nitrogens with zero attached hydrogens (tertiary/aromatic N) is 2. The van der Waals surface area contributed by atoms with Crippen molar-refractivity contribution < 1.29 is 0 Å². The molecule has 1 N–H and O–H groups in total. The average molecular weight is 221 g/mol. The number of aryl methyl sites for hydroxylation is 1. The highest BCUT2D eigenvalue weighted by atomic mass is 32.2. The number of hydrogen-bond donors (Lipinski definition) is 1. The summed E-state index contributed by atoms with van der Waals surface area (Å²) in [6, 6.07) is 2.03. The first-order valence-corrected chi connectivity index (χ1v) is 5.98. The molecule has 0 aliphatic carbocycles. The Morgan fingerprint density at radius 3 is 3.13 bits per heavy atom. The first-order chi connectivity index (χ1) is 7.25. The minimum atomic E-state index is 0.613. The van der Waals surface area contributed by atoms with Gasteiger partial charge in [0.2, 0.25) is 0 Å². The van der Waals surface area contributed by atoms with Gasteiger partial charge < -0.3 is 5.32 Å². The number of aliphatic imine (C=N–C) groups is 1. The van der Waals surface area contributed by atoms with Gasteiger partial charge in [0, 0.05) is 24.2 Å². The molecule has 0 aromatic carbocycles. The van der Waals surface area contributed by atoms with Crippen molar-refractivity contribution in [1.82, 2.24) is 10.3 Å². The summed E-state index contributed by atoms with van der Waals surface area (Å²) in [7, 11) is 0. The van der Waals surface area contributed by atoms with Gasteiger partial charge in [-0.2, -0.15) is 0 Å². The molecule has 1 atom stereocenters. The highest BCUT2D eigenvalue weighted by Crippen LogP contribution is 2.18. The number of rotatable bonds is 2. The van der Waals surface area contributed by atoms with Gasteiger partial charge in [-0.25, -0.2) is 0 Å². The summed E-state index contributed by atoms with van der Waals surface area (Å²) in [6.45, 7) is 6.04. The maximum absolute atomic E-state index is 4.41. The first-order valence-electron chi connectivity index (χ1n) is 5.10. The summed E-state index contributed by atoms with van der Waals surface area (Å²) in [5, 5.41) is 5.02. The number of aromatic nitrogens is 1. The van der Waals surface area contributed by atoms with Crippen molar-refractivity contribution in [2.45, 2.75) is 25.6 Å². The number of hydrogen-bond acceptors (Lipinski definition) is 4. The highest BCUT2D eigenvalue weighted by molar-refractivity contribution is 8.14. The monoisotopic (exact) mass is 221 g/mol. The van der Waals surface area contributed by atoms with E-state index in [1.54, 1.807) is 0 Å². The minimum Gasteiger partial charge on any atom is -0.361 e. The van der Waals surface area contributed by atoms with Crippen LogP contribution in [-0.4, -0.2) is 21.9 Å². The third-order valence-electron chi connectivity index (χ3n) is 2.38. The van der Waals surface area contributed by atoms with Crippen LogP contribution in [0.25, 0.3) is 0 Å². The molecule has 2 heterocycles. The molecule has 2 rings (SSSR count). The molecule has 0 fully saturated rings. The molecule has 1 unspecified atom stereocenters. The van der Waals surface area contributed by atoms with Gasteiger partial charge in [0.1, 0.15) is 0 Å². The lowest BCUT2D eigenvalue weighted by molar-refractivity contribution is 0.897. The molecule has 0 bridgehead atoms. The molecule has 1 aliphatic heterocycles. The summed E-state index contributed by atoms with van der Waals surface area (Å²) < 4.78 is 0. The van der Waals surface area contributed by atoms with E-state index in [4.69, 9.17) is 0 Å². The van der Waals surface area contributed by atoms with E-state index in [-0.39, 0.29) is 0 Å². The van der Waals surface area contributed by atoms with Crippen LogP contribution in [0.5, 0.6) is 0 Å². The van der Waals surface area contributed by atoms with Crippen molar-refractivity contribution in [1.29, 1.82) is 0 Å². The predicted octanol–water partition coefficient (Wildman–Crippen LogP) is 1.97. The van der Waals surface area contributed by atoms with Crippen LogP contribution in [0.1, 0.15) is 18.1 Å². The van der Waals surface area contributed by atoms with Gasteiger partial charge in [0.05, 0.1) is 6.54 Å². The van der Waals surface area contributed by atoms with Crippen LogP contribution in [-0.2, 0) is 6.54 Å². The Hall–Kier alpha value is -1.03. The van der Waals surface area contributed by atoms with Crippen LogP contribution in [0.2, 0.25) is 0 Å². The van der Waals surface area contributed by atoms with Gasteiger partial charge in [-0.15, -0.1) is 0 Å². The smallest absolute Gasteiger partial charge is 0.157 e. The number of thioether (sulfide) groups is 1. The molecule has 3 nitrogen and oxygen atoms in total. The largest absolute Gasteiger partial charge is 0.361 e. The maximum Gasteiger partial charge on any atom is 0.157 e. The number of pyridine rings is 1. The Bertz CT molecular complexity index is 376. The second kappa shape index (κ2) is 4.66. The van der Waals surface area contributed by atoms with Crippen molar-refractivity contribution >= 4 is 16.9 Å². The molecule has 1 aliphatic rings. The van der Waals surface area contributed by atoms with Crippen molar-refractivity contribution in [2.75, 3.05) is 6.54 Å². The molecule has 0 radical (unpaired) electrons. The Morgan fingerprint density at radius 1 is 1.60 bits per heavy atom. The van der Waals surface area contributed by atoms with E-state index >= 15 is 0 Å². The van der Waals surface area contributed by atoms with Crippen LogP contribution in [0, 0.1) is 6.92 Å². The fourth-order valence-electron chi connectivity index (χ4n) is 1.43. The van der Waals surface area contributed by atoms with Crippen LogP contribution in [0.3, 0.4) is 0 Å². The van der Waals surface area contributed by atoms with E-state index in [0.717, 1.165) is 18.3 Å². The van der Waals surface area contributed by atoms with Crippen molar-refractivity contribution in [3.8, 4) is 0 Å². The van der Waals surface area contributed by atoms with Crippen molar-refractivity contribution in [3.63, 3.8) is 0 Å².